The van der Waals surface area contributed by atoms with Gasteiger partial charge in [0, 0.05) is 43.7 Å². The lowest BCUT2D eigenvalue weighted by Crippen LogP contribution is -2.27. The summed E-state index contributed by atoms with van der Waals surface area (Å²) >= 11 is 0. The van der Waals surface area contributed by atoms with Crippen LogP contribution >= 0.6 is 0 Å². The van der Waals surface area contributed by atoms with Gasteiger partial charge in [0.15, 0.2) is 0 Å². The van der Waals surface area contributed by atoms with Crippen LogP contribution in [0.1, 0.15) is 36.3 Å². The summed E-state index contributed by atoms with van der Waals surface area (Å²) in [5.74, 6) is 1.32. The molecule has 1 fully saturated rings. The molecular weight excluding hydrogens is 344 g/mol. The van der Waals surface area contributed by atoms with Crippen LogP contribution in [0.15, 0.2) is 36.5 Å². The minimum absolute atomic E-state index is 0.00725. The van der Waals surface area contributed by atoms with Crippen molar-refractivity contribution < 1.29 is 9.72 Å². The second-order valence-corrected chi connectivity index (χ2v) is 7.23. The molecule has 1 unspecified atom stereocenters. The van der Waals surface area contributed by atoms with Gasteiger partial charge in [-0.2, -0.15) is 0 Å². The first-order valence-electron chi connectivity index (χ1n) is 9.30. The number of amides is 1. The van der Waals surface area contributed by atoms with Crippen molar-refractivity contribution in [3.8, 4) is 0 Å². The average Bonchev–Trinajstić information content (AvgIpc) is 3.23. The number of anilines is 2. The quantitative estimate of drug-likeness (QED) is 0.597. The molecule has 3 heterocycles. The number of fused-ring (bicyclic) bond motifs is 1. The van der Waals surface area contributed by atoms with Gasteiger partial charge in [0.2, 0.25) is 5.91 Å². The Morgan fingerprint density at radius 2 is 2.15 bits per heavy atom. The summed E-state index contributed by atoms with van der Waals surface area (Å²) < 4.78 is 0. The molecule has 7 heteroatoms. The number of nitro groups is 1. The average molecular weight is 366 g/mol. The summed E-state index contributed by atoms with van der Waals surface area (Å²) in [6, 6.07) is 9.80. The minimum Gasteiger partial charge on any atom is -0.343 e. The van der Waals surface area contributed by atoms with E-state index in [1.165, 1.54) is 11.8 Å². The first kappa shape index (κ1) is 17.5. The lowest BCUT2D eigenvalue weighted by atomic mass is 9.98. The number of nitrogens with zero attached hydrogens (tertiary/aromatic N) is 4. The predicted octanol–water partition coefficient (Wildman–Crippen LogP) is 3.55. The number of aromatic nitrogens is 1. The zero-order valence-corrected chi connectivity index (χ0v) is 15.3. The lowest BCUT2D eigenvalue weighted by molar-refractivity contribution is -0.385. The fourth-order valence-corrected chi connectivity index (χ4v) is 4.13. The highest BCUT2D eigenvalue weighted by Crippen LogP contribution is 2.42. The minimum atomic E-state index is -0.419. The fourth-order valence-electron chi connectivity index (χ4n) is 4.13. The Bertz CT molecular complexity index is 899. The van der Waals surface area contributed by atoms with E-state index in [1.54, 1.807) is 6.07 Å². The monoisotopic (exact) mass is 366 g/mol. The number of carbonyl (C=O) groups excluding carboxylic acids is 1. The number of hydrogen-bond acceptors (Lipinski definition) is 5. The van der Waals surface area contributed by atoms with E-state index in [-0.39, 0.29) is 11.6 Å². The normalized spacial score (nSPS) is 18.9. The molecule has 0 saturated carbocycles. The van der Waals surface area contributed by atoms with Gasteiger partial charge in [-0.25, -0.2) is 4.98 Å². The molecule has 1 amide bonds. The van der Waals surface area contributed by atoms with Crippen LogP contribution in [0.25, 0.3) is 0 Å². The van der Waals surface area contributed by atoms with Crippen molar-refractivity contribution >= 4 is 23.1 Å². The molecule has 0 radical (unpaired) electrons. The van der Waals surface area contributed by atoms with Gasteiger partial charge in [0.05, 0.1) is 4.92 Å². The highest BCUT2D eigenvalue weighted by atomic mass is 16.6. The molecule has 27 heavy (non-hydrogen) atoms. The molecule has 2 aliphatic rings. The molecule has 1 aromatic heterocycles. The van der Waals surface area contributed by atoms with Crippen LogP contribution in [0.5, 0.6) is 0 Å². The second-order valence-electron chi connectivity index (χ2n) is 7.23. The number of rotatable bonds is 5. The van der Waals surface area contributed by atoms with Crippen LogP contribution in [0.2, 0.25) is 0 Å². The van der Waals surface area contributed by atoms with Gasteiger partial charge >= 0.3 is 0 Å². The summed E-state index contributed by atoms with van der Waals surface area (Å²) in [6.45, 7) is 4.26. The standard InChI is InChI=1S/C20H22N4O3/c1-14-11-16(24(26)27)12-21-20(14)23-13-15(17-5-2-3-6-18(17)23)8-10-22-9-4-7-19(22)25/h2-3,5-6,11-12,15H,4,7-10,13H2,1H3. The molecule has 1 aromatic carbocycles. The summed E-state index contributed by atoms with van der Waals surface area (Å²) in [4.78, 5) is 31.0. The molecule has 0 N–H and O–H groups in total. The van der Waals surface area contributed by atoms with Crippen molar-refractivity contribution in [1.29, 1.82) is 0 Å². The summed E-state index contributed by atoms with van der Waals surface area (Å²) in [6.07, 6.45) is 3.85. The second kappa shape index (κ2) is 6.98. The van der Waals surface area contributed by atoms with E-state index in [1.807, 2.05) is 24.0 Å². The first-order chi connectivity index (χ1) is 13.0. The summed E-state index contributed by atoms with van der Waals surface area (Å²) in [5, 5.41) is 11.0. The van der Waals surface area contributed by atoms with E-state index in [4.69, 9.17) is 0 Å². The maximum absolute atomic E-state index is 11.9. The first-order valence-corrected chi connectivity index (χ1v) is 9.30. The van der Waals surface area contributed by atoms with Crippen molar-refractivity contribution in [2.24, 2.45) is 0 Å². The summed E-state index contributed by atoms with van der Waals surface area (Å²) in [5.41, 5.74) is 3.14. The van der Waals surface area contributed by atoms with E-state index >= 15 is 0 Å². The molecule has 140 valence electrons. The van der Waals surface area contributed by atoms with Crippen molar-refractivity contribution in [3.63, 3.8) is 0 Å². The molecule has 0 aliphatic carbocycles. The van der Waals surface area contributed by atoms with Gasteiger partial charge in [-0.3, -0.25) is 14.9 Å². The smallest absolute Gasteiger partial charge is 0.287 e. The molecule has 1 atom stereocenters. The van der Waals surface area contributed by atoms with Gasteiger partial charge < -0.3 is 9.80 Å². The fraction of sp³-hybridized carbons (Fsp3) is 0.400. The van der Waals surface area contributed by atoms with Crippen molar-refractivity contribution in [2.45, 2.75) is 32.1 Å². The van der Waals surface area contributed by atoms with E-state index in [0.29, 0.717) is 12.3 Å². The number of para-hydroxylation sites is 1. The van der Waals surface area contributed by atoms with Gasteiger partial charge in [0.1, 0.15) is 12.0 Å². The highest BCUT2D eigenvalue weighted by molar-refractivity contribution is 5.78. The van der Waals surface area contributed by atoms with Crippen LogP contribution in [0.3, 0.4) is 0 Å². The SMILES string of the molecule is Cc1cc([N+](=O)[O-])cnc1N1CC(CCN2CCCC2=O)c2ccccc21. The van der Waals surface area contributed by atoms with Crippen LogP contribution in [0.4, 0.5) is 17.2 Å². The lowest BCUT2D eigenvalue weighted by Gasteiger charge is -2.21. The number of hydrogen-bond donors (Lipinski definition) is 0. The molecule has 0 bridgehead atoms. The number of benzene rings is 1. The predicted molar refractivity (Wildman–Crippen MR) is 102 cm³/mol. The Kier molecular flexibility index (Phi) is 4.51. The number of likely N-dealkylation sites (tertiary alicyclic amines) is 1. The van der Waals surface area contributed by atoms with E-state index in [2.05, 4.69) is 22.0 Å². The zero-order valence-electron chi connectivity index (χ0n) is 15.3. The van der Waals surface area contributed by atoms with E-state index in [0.717, 1.165) is 49.5 Å². The number of carbonyl (C=O) groups is 1. The van der Waals surface area contributed by atoms with Gasteiger partial charge in [-0.15, -0.1) is 0 Å². The Balaban J connectivity index is 1.58. The topological polar surface area (TPSA) is 79.6 Å². The molecule has 1 saturated heterocycles. The van der Waals surface area contributed by atoms with Crippen LogP contribution in [0, 0.1) is 17.0 Å². The Labute approximate surface area is 157 Å². The third kappa shape index (κ3) is 3.25. The van der Waals surface area contributed by atoms with E-state index < -0.39 is 4.92 Å². The van der Waals surface area contributed by atoms with Crippen LogP contribution in [-0.2, 0) is 4.79 Å². The van der Waals surface area contributed by atoms with E-state index in [9.17, 15) is 14.9 Å². The number of pyridine rings is 1. The molecule has 2 aromatic rings. The Morgan fingerprint density at radius 3 is 2.85 bits per heavy atom. The van der Waals surface area contributed by atoms with Gasteiger partial charge in [-0.1, -0.05) is 18.2 Å². The van der Waals surface area contributed by atoms with Crippen molar-refractivity contribution in [1.82, 2.24) is 9.88 Å². The largest absolute Gasteiger partial charge is 0.343 e. The molecule has 7 nitrogen and oxygen atoms in total. The molecule has 0 spiro atoms. The highest BCUT2D eigenvalue weighted by Gasteiger charge is 2.32. The van der Waals surface area contributed by atoms with Crippen molar-refractivity contribution in [3.05, 3.63) is 57.8 Å². The Hall–Kier alpha value is -2.96. The van der Waals surface area contributed by atoms with Crippen LogP contribution in [-0.4, -0.2) is 40.3 Å². The number of aryl methyl sites for hydroxylation is 1. The summed E-state index contributed by atoms with van der Waals surface area (Å²) in [7, 11) is 0. The third-order valence-corrected chi connectivity index (χ3v) is 5.49. The zero-order chi connectivity index (χ0) is 19.0. The van der Waals surface area contributed by atoms with Crippen LogP contribution < -0.4 is 4.90 Å². The molecule has 2 aliphatic heterocycles. The third-order valence-electron chi connectivity index (χ3n) is 5.49. The maximum Gasteiger partial charge on any atom is 0.287 e. The van der Waals surface area contributed by atoms with Crippen molar-refractivity contribution in [2.75, 3.05) is 24.5 Å². The van der Waals surface area contributed by atoms with Gasteiger partial charge in [0.25, 0.3) is 5.69 Å². The maximum atomic E-state index is 11.9. The van der Waals surface area contributed by atoms with Gasteiger partial charge in [-0.05, 0) is 37.0 Å². The Morgan fingerprint density at radius 1 is 1.33 bits per heavy atom. The molecule has 4 rings (SSSR count). The molecular formula is C20H22N4O3.